The Morgan fingerprint density at radius 2 is 1.91 bits per heavy atom. The summed E-state index contributed by atoms with van der Waals surface area (Å²) in [5.74, 6) is 0.128. The zero-order valence-electron chi connectivity index (χ0n) is 12.4. The van der Waals surface area contributed by atoms with Crippen molar-refractivity contribution in [3.63, 3.8) is 0 Å². The van der Waals surface area contributed by atoms with Crippen LogP contribution in [-0.2, 0) is 4.79 Å². The van der Waals surface area contributed by atoms with Crippen LogP contribution in [-0.4, -0.2) is 42.4 Å². The summed E-state index contributed by atoms with van der Waals surface area (Å²) in [6.45, 7) is -0.0541. The Morgan fingerprint density at radius 1 is 1.18 bits per heavy atom. The largest absolute Gasteiger partial charge is 0.497 e. The molecule has 0 aliphatic rings. The first-order chi connectivity index (χ1) is 10.6. The number of rotatable bonds is 5. The van der Waals surface area contributed by atoms with E-state index < -0.39 is 0 Å². The SMILES string of the molecule is COc1ccc(NC(=O)CN(C)C(=O)c2ccccn2)cc1. The number of nitrogens with zero attached hydrogens (tertiary/aromatic N) is 2. The summed E-state index contributed by atoms with van der Waals surface area (Å²) < 4.78 is 5.05. The van der Waals surface area contributed by atoms with E-state index in [4.69, 9.17) is 4.74 Å². The molecule has 0 atom stereocenters. The third-order valence-corrected chi connectivity index (χ3v) is 2.99. The minimum absolute atomic E-state index is 0.0541. The van der Waals surface area contributed by atoms with Crippen LogP contribution in [0.15, 0.2) is 48.7 Å². The Labute approximate surface area is 128 Å². The zero-order chi connectivity index (χ0) is 15.9. The van der Waals surface area contributed by atoms with Gasteiger partial charge in [-0.2, -0.15) is 0 Å². The Balaban J connectivity index is 1.92. The smallest absolute Gasteiger partial charge is 0.272 e. The number of pyridine rings is 1. The van der Waals surface area contributed by atoms with Crippen LogP contribution in [0.5, 0.6) is 5.75 Å². The third kappa shape index (κ3) is 4.05. The zero-order valence-corrected chi connectivity index (χ0v) is 12.4. The maximum absolute atomic E-state index is 12.1. The molecule has 1 aromatic heterocycles. The van der Waals surface area contributed by atoms with E-state index in [1.165, 1.54) is 4.90 Å². The van der Waals surface area contributed by atoms with Gasteiger partial charge in [0.2, 0.25) is 5.91 Å². The summed E-state index contributed by atoms with van der Waals surface area (Å²) in [6.07, 6.45) is 1.54. The molecule has 0 radical (unpaired) electrons. The molecule has 0 saturated carbocycles. The fourth-order valence-electron chi connectivity index (χ4n) is 1.85. The van der Waals surface area contributed by atoms with Crippen LogP contribution in [0.4, 0.5) is 5.69 Å². The number of benzene rings is 1. The van der Waals surface area contributed by atoms with Gasteiger partial charge < -0.3 is 15.0 Å². The van der Waals surface area contributed by atoms with E-state index in [1.54, 1.807) is 62.8 Å². The lowest BCUT2D eigenvalue weighted by Gasteiger charge is -2.16. The highest BCUT2D eigenvalue weighted by atomic mass is 16.5. The molecule has 1 heterocycles. The molecular formula is C16H17N3O3. The summed E-state index contributed by atoms with van der Waals surface area (Å²) in [6, 6.07) is 12.0. The first-order valence-corrected chi connectivity index (χ1v) is 6.70. The lowest BCUT2D eigenvalue weighted by atomic mass is 10.3. The topological polar surface area (TPSA) is 71.5 Å². The van der Waals surface area contributed by atoms with Gasteiger partial charge in [0.1, 0.15) is 11.4 Å². The number of anilines is 1. The van der Waals surface area contributed by atoms with E-state index >= 15 is 0 Å². The van der Waals surface area contributed by atoms with Crippen LogP contribution >= 0.6 is 0 Å². The summed E-state index contributed by atoms with van der Waals surface area (Å²) in [5, 5.41) is 2.72. The average molecular weight is 299 g/mol. The highest BCUT2D eigenvalue weighted by Gasteiger charge is 2.15. The van der Waals surface area contributed by atoms with E-state index in [1.807, 2.05) is 0 Å². The fourth-order valence-corrected chi connectivity index (χ4v) is 1.85. The molecule has 1 aromatic carbocycles. The number of nitrogens with one attached hydrogen (secondary N) is 1. The van der Waals surface area contributed by atoms with Gasteiger partial charge in [0, 0.05) is 18.9 Å². The van der Waals surface area contributed by atoms with E-state index in [-0.39, 0.29) is 18.4 Å². The minimum Gasteiger partial charge on any atom is -0.497 e. The van der Waals surface area contributed by atoms with Crippen molar-refractivity contribution in [2.75, 3.05) is 26.0 Å². The Morgan fingerprint density at radius 3 is 2.50 bits per heavy atom. The maximum atomic E-state index is 12.1. The second-order valence-corrected chi connectivity index (χ2v) is 4.65. The number of carbonyl (C=O) groups is 2. The van der Waals surface area contributed by atoms with Gasteiger partial charge in [-0.3, -0.25) is 14.6 Å². The predicted octanol–water partition coefficient (Wildman–Crippen LogP) is 1.80. The Bertz CT molecular complexity index is 641. The molecule has 0 aliphatic heterocycles. The first kappa shape index (κ1) is 15.5. The molecule has 2 rings (SSSR count). The highest BCUT2D eigenvalue weighted by Crippen LogP contribution is 2.14. The van der Waals surface area contributed by atoms with Crippen molar-refractivity contribution in [3.05, 3.63) is 54.4 Å². The van der Waals surface area contributed by atoms with Gasteiger partial charge in [0.25, 0.3) is 5.91 Å². The molecule has 6 heteroatoms. The molecule has 0 unspecified atom stereocenters. The van der Waals surface area contributed by atoms with E-state index in [0.717, 1.165) is 0 Å². The second kappa shape index (κ2) is 7.21. The summed E-state index contributed by atoms with van der Waals surface area (Å²) in [4.78, 5) is 29.3. The molecule has 1 N–H and O–H groups in total. The van der Waals surface area contributed by atoms with Crippen LogP contribution in [0.25, 0.3) is 0 Å². The fraction of sp³-hybridized carbons (Fsp3) is 0.188. The van der Waals surface area contributed by atoms with Gasteiger partial charge in [-0.05, 0) is 36.4 Å². The van der Waals surface area contributed by atoms with Crippen molar-refractivity contribution in [1.29, 1.82) is 0 Å². The van der Waals surface area contributed by atoms with Gasteiger partial charge in [0.05, 0.1) is 13.7 Å². The number of ether oxygens (including phenoxy) is 1. The lowest BCUT2D eigenvalue weighted by molar-refractivity contribution is -0.116. The van der Waals surface area contributed by atoms with Crippen LogP contribution in [0.3, 0.4) is 0 Å². The van der Waals surface area contributed by atoms with Gasteiger partial charge in [-0.15, -0.1) is 0 Å². The van der Waals surface area contributed by atoms with Crippen molar-refractivity contribution in [3.8, 4) is 5.75 Å². The molecule has 2 aromatic rings. The van der Waals surface area contributed by atoms with Crippen LogP contribution in [0.1, 0.15) is 10.5 Å². The van der Waals surface area contributed by atoms with Crippen molar-refractivity contribution >= 4 is 17.5 Å². The molecule has 22 heavy (non-hydrogen) atoms. The summed E-state index contributed by atoms with van der Waals surface area (Å²) >= 11 is 0. The van der Waals surface area contributed by atoms with Crippen LogP contribution in [0, 0.1) is 0 Å². The molecule has 114 valence electrons. The molecular weight excluding hydrogens is 282 g/mol. The summed E-state index contributed by atoms with van der Waals surface area (Å²) in [5.41, 5.74) is 0.951. The number of carbonyl (C=O) groups excluding carboxylic acids is 2. The lowest BCUT2D eigenvalue weighted by Crippen LogP contribution is -2.35. The molecule has 0 fully saturated rings. The first-order valence-electron chi connectivity index (χ1n) is 6.70. The van der Waals surface area contributed by atoms with Crippen LogP contribution in [0.2, 0.25) is 0 Å². The number of aromatic nitrogens is 1. The van der Waals surface area contributed by atoms with Gasteiger partial charge in [-0.1, -0.05) is 6.07 Å². The van der Waals surface area contributed by atoms with Crippen molar-refractivity contribution in [2.45, 2.75) is 0 Å². The average Bonchev–Trinajstić information content (AvgIpc) is 2.55. The standard InChI is InChI=1S/C16H17N3O3/c1-19(16(21)14-5-3-4-10-17-14)11-15(20)18-12-6-8-13(22-2)9-7-12/h3-10H,11H2,1-2H3,(H,18,20). The number of likely N-dealkylation sites (N-methyl/N-ethyl adjacent to an activating group) is 1. The molecule has 0 aliphatic carbocycles. The molecule has 0 spiro atoms. The molecule has 0 saturated heterocycles. The van der Waals surface area contributed by atoms with E-state index in [0.29, 0.717) is 17.1 Å². The molecule has 2 amide bonds. The number of methoxy groups -OCH3 is 1. The van der Waals surface area contributed by atoms with Crippen molar-refractivity contribution in [1.82, 2.24) is 9.88 Å². The number of hydrogen-bond donors (Lipinski definition) is 1. The predicted molar refractivity (Wildman–Crippen MR) is 82.8 cm³/mol. The van der Waals surface area contributed by atoms with E-state index in [9.17, 15) is 9.59 Å². The highest BCUT2D eigenvalue weighted by molar-refractivity contribution is 5.98. The maximum Gasteiger partial charge on any atom is 0.272 e. The third-order valence-electron chi connectivity index (χ3n) is 2.99. The number of hydrogen-bond acceptors (Lipinski definition) is 4. The van der Waals surface area contributed by atoms with Crippen molar-refractivity contribution in [2.24, 2.45) is 0 Å². The Hall–Kier alpha value is -2.89. The summed E-state index contributed by atoms with van der Waals surface area (Å²) in [7, 11) is 3.14. The van der Waals surface area contributed by atoms with Crippen LogP contribution < -0.4 is 10.1 Å². The second-order valence-electron chi connectivity index (χ2n) is 4.65. The normalized spacial score (nSPS) is 9.91. The van der Waals surface area contributed by atoms with E-state index in [2.05, 4.69) is 10.3 Å². The van der Waals surface area contributed by atoms with Gasteiger partial charge in [0.15, 0.2) is 0 Å². The molecule has 6 nitrogen and oxygen atoms in total. The molecule has 0 bridgehead atoms. The quantitative estimate of drug-likeness (QED) is 0.914. The monoisotopic (exact) mass is 299 g/mol. The van der Waals surface area contributed by atoms with Gasteiger partial charge in [-0.25, -0.2) is 0 Å². The number of amides is 2. The minimum atomic E-state index is -0.300. The van der Waals surface area contributed by atoms with Crippen molar-refractivity contribution < 1.29 is 14.3 Å². The van der Waals surface area contributed by atoms with Gasteiger partial charge >= 0.3 is 0 Å². The Kier molecular flexibility index (Phi) is 5.08.